The van der Waals surface area contributed by atoms with E-state index in [1.165, 1.54) is 11.1 Å². The van der Waals surface area contributed by atoms with Gasteiger partial charge >= 0.3 is 0 Å². The van der Waals surface area contributed by atoms with Crippen molar-refractivity contribution in [3.8, 4) is 20.3 Å². The van der Waals surface area contributed by atoms with E-state index < -0.39 is 0 Å². The Labute approximate surface area is 141 Å². The zero-order chi connectivity index (χ0) is 15.6. The Bertz CT molecular complexity index is 1000. The molecule has 3 nitrogen and oxygen atoms in total. The van der Waals surface area contributed by atoms with Crippen LogP contribution in [0.1, 0.15) is 4.88 Å². The number of rotatable bonds is 3. The standard InChI is InChI=1S/C18H12N2OS2/c21-19-11-13-6-8-17(22-13)18-10-9-16(23-18)15-7-5-12-3-1-2-4-14(12)20-15/h1-11,21H/b19-11+. The lowest BCUT2D eigenvalue weighted by Crippen LogP contribution is -1.81. The summed E-state index contributed by atoms with van der Waals surface area (Å²) in [4.78, 5) is 9.18. The van der Waals surface area contributed by atoms with Crippen LogP contribution < -0.4 is 0 Å². The fourth-order valence-corrected chi connectivity index (χ4v) is 4.36. The van der Waals surface area contributed by atoms with E-state index in [1.54, 1.807) is 22.7 Å². The Morgan fingerprint density at radius 3 is 2.52 bits per heavy atom. The molecule has 0 aliphatic heterocycles. The van der Waals surface area contributed by atoms with Crippen molar-refractivity contribution in [2.24, 2.45) is 5.16 Å². The molecule has 5 heteroatoms. The molecule has 23 heavy (non-hydrogen) atoms. The summed E-state index contributed by atoms with van der Waals surface area (Å²) in [5, 5.41) is 12.8. The molecule has 0 unspecified atom stereocenters. The van der Waals surface area contributed by atoms with Gasteiger partial charge in [0.15, 0.2) is 0 Å². The van der Waals surface area contributed by atoms with E-state index in [1.807, 2.05) is 30.3 Å². The quantitative estimate of drug-likeness (QED) is 0.305. The molecule has 0 spiro atoms. The monoisotopic (exact) mass is 336 g/mol. The molecule has 0 aliphatic carbocycles. The zero-order valence-electron chi connectivity index (χ0n) is 12.0. The van der Waals surface area contributed by atoms with Crippen LogP contribution in [0.3, 0.4) is 0 Å². The van der Waals surface area contributed by atoms with E-state index in [9.17, 15) is 0 Å². The Morgan fingerprint density at radius 2 is 1.61 bits per heavy atom. The normalized spacial score (nSPS) is 11.5. The topological polar surface area (TPSA) is 45.5 Å². The van der Waals surface area contributed by atoms with Crippen molar-refractivity contribution >= 4 is 39.8 Å². The summed E-state index contributed by atoms with van der Waals surface area (Å²) < 4.78 is 0. The van der Waals surface area contributed by atoms with Gasteiger partial charge < -0.3 is 5.21 Å². The lowest BCUT2D eigenvalue weighted by molar-refractivity contribution is 0.322. The molecule has 4 rings (SSSR count). The number of hydrogen-bond acceptors (Lipinski definition) is 5. The number of nitrogens with zero attached hydrogens (tertiary/aromatic N) is 2. The molecule has 0 amide bonds. The summed E-state index contributed by atoms with van der Waals surface area (Å²) >= 11 is 3.32. The average Bonchev–Trinajstić information content (AvgIpc) is 3.24. The lowest BCUT2D eigenvalue weighted by atomic mass is 10.2. The van der Waals surface area contributed by atoms with Gasteiger partial charge in [0, 0.05) is 20.0 Å². The van der Waals surface area contributed by atoms with Crippen LogP contribution in [-0.4, -0.2) is 16.4 Å². The highest BCUT2D eigenvalue weighted by atomic mass is 32.1. The Hall–Kier alpha value is -2.50. The first-order valence-electron chi connectivity index (χ1n) is 7.07. The molecule has 3 heterocycles. The van der Waals surface area contributed by atoms with Crippen LogP contribution >= 0.6 is 22.7 Å². The van der Waals surface area contributed by atoms with Gasteiger partial charge in [0.05, 0.1) is 22.3 Å². The molecule has 0 bridgehead atoms. The molecule has 0 saturated heterocycles. The molecule has 1 N–H and O–H groups in total. The second-order valence-electron chi connectivity index (χ2n) is 5.00. The minimum atomic E-state index is 0.932. The zero-order valence-corrected chi connectivity index (χ0v) is 13.6. The lowest BCUT2D eigenvalue weighted by Gasteiger charge is -2.00. The summed E-state index contributed by atoms with van der Waals surface area (Å²) in [6.45, 7) is 0. The van der Waals surface area contributed by atoms with Crippen molar-refractivity contribution in [2.45, 2.75) is 0 Å². The maximum Gasteiger partial charge on any atom is 0.0833 e. The van der Waals surface area contributed by atoms with Crippen molar-refractivity contribution in [2.75, 3.05) is 0 Å². The highest BCUT2D eigenvalue weighted by molar-refractivity contribution is 7.24. The predicted molar refractivity (Wildman–Crippen MR) is 97.7 cm³/mol. The van der Waals surface area contributed by atoms with Crippen LogP contribution in [0.25, 0.3) is 31.2 Å². The first kappa shape index (κ1) is 14.1. The second-order valence-corrected chi connectivity index (χ2v) is 7.20. The molecule has 1 aromatic carbocycles. The number of thiophene rings is 2. The van der Waals surface area contributed by atoms with Gasteiger partial charge in [-0.1, -0.05) is 29.4 Å². The van der Waals surface area contributed by atoms with Crippen LogP contribution in [0.2, 0.25) is 0 Å². The molecular weight excluding hydrogens is 324 g/mol. The van der Waals surface area contributed by atoms with Gasteiger partial charge in [-0.2, -0.15) is 0 Å². The number of hydrogen-bond donors (Lipinski definition) is 1. The highest BCUT2D eigenvalue weighted by Crippen LogP contribution is 2.37. The number of fused-ring (bicyclic) bond motifs is 1. The molecule has 112 valence electrons. The number of oxime groups is 1. The number of pyridine rings is 1. The fourth-order valence-electron chi connectivity index (χ4n) is 2.42. The summed E-state index contributed by atoms with van der Waals surface area (Å²) in [5.74, 6) is 0. The summed E-state index contributed by atoms with van der Waals surface area (Å²) in [5.41, 5.74) is 2.01. The van der Waals surface area contributed by atoms with Gasteiger partial charge in [-0.25, -0.2) is 4.98 Å². The number of benzene rings is 1. The van der Waals surface area contributed by atoms with Gasteiger partial charge in [-0.05, 0) is 36.4 Å². The molecule has 0 atom stereocenters. The van der Waals surface area contributed by atoms with Crippen LogP contribution in [0.15, 0.2) is 65.8 Å². The summed E-state index contributed by atoms with van der Waals surface area (Å²) in [7, 11) is 0. The number of aromatic nitrogens is 1. The van der Waals surface area contributed by atoms with E-state index in [0.29, 0.717) is 0 Å². The summed E-state index contributed by atoms with van der Waals surface area (Å²) in [6.07, 6.45) is 1.45. The van der Waals surface area contributed by atoms with Gasteiger partial charge in [0.2, 0.25) is 0 Å². The average molecular weight is 336 g/mol. The van der Waals surface area contributed by atoms with E-state index in [-0.39, 0.29) is 0 Å². The molecule has 0 radical (unpaired) electrons. The van der Waals surface area contributed by atoms with Crippen molar-refractivity contribution in [1.82, 2.24) is 4.98 Å². The first-order valence-corrected chi connectivity index (χ1v) is 8.70. The summed E-state index contributed by atoms with van der Waals surface area (Å²) in [6, 6.07) is 20.5. The molecular formula is C18H12N2OS2. The van der Waals surface area contributed by atoms with E-state index >= 15 is 0 Å². The Balaban J connectivity index is 1.70. The third kappa shape index (κ3) is 2.76. The predicted octanol–water partition coefficient (Wildman–Crippen LogP) is 5.50. The van der Waals surface area contributed by atoms with Crippen LogP contribution in [-0.2, 0) is 0 Å². The van der Waals surface area contributed by atoms with Crippen molar-refractivity contribution in [3.05, 3.63) is 65.5 Å². The Morgan fingerprint density at radius 1 is 0.826 bits per heavy atom. The third-order valence-electron chi connectivity index (χ3n) is 3.51. The molecule has 4 aromatic rings. The maximum absolute atomic E-state index is 8.61. The van der Waals surface area contributed by atoms with Gasteiger partial charge in [0.25, 0.3) is 0 Å². The smallest absolute Gasteiger partial charge is 0.0833 e. The van der Waals surface area contributed by atoms with Crippen LogP contribution in [0, 0.1) is 0 Å². The minimum Gasteiger partial charge on any atom is -0.411 e. The molecule has 0 aliphatic rings. The SMILES string of the molecule is O/N=C/c1ccc(-c2ccc(-c3ccc4ccccc4n3)s2)s1. The second kappa shape index (κ2) is 5.95. The largest absolute Gasteiger partial charge is 0.411 e. The van der Waals surface area contributed by atoms with Crippen molar-refractivity contribution in [3.63, 3.8) is 0 Å². The van der Waals surface area contributed by atoms with E-state index in [0.717, 1.165) is 31.2 Å². The van der Waals surface area contributed by atoms with E-state index in [4.69, 9.17) is 10.2 Å². The maximum atomic E-state index is 8.61. The van der Waals surface area contributed by atoms with E-state index in [2.05, 4.69) is 35.5 Å². The first-order chi connectivity index (χ1) is 11.3. The third-order valence-corrected chi connectivity index (χ3v) is 5.83. The van der Waals surface area contributed by atoms with Crippen LogP contribution in [0.4, 0.5) is 0 Å². The molecule has 0 fully saturated rings. The number of para-hydroxylation sites is 1. The van der Waals surface area contributed by atoms with Gasteiger partial charge in [-0.15, -0.1) is 22.7 Å². The molecule has 0 saturated carbocycles. The van der Waals surface area contributed by atoms with Gasteiger partial charge in [0.1, 0.15) is 0 Å². The fraction of sp³-hybridized carbons (Fsp3) is 0. The molecule has 3 aromatic heterocycles. The highest BCUT2D eigenvalue weighted by Gasteiger charge is 2.08. The van der Waals surface area contributed by atoms with Crippen molar-refractivity contribution in [1.29, 1.82) is 0 Å². The van der Waals surface area contributed by atoms with Gasteiger partial charge in [-0.3, -0.25) is 0 Å². The van der Waals surface area contributed by atoms with Crippen LogP contribution in [0.5, 0.6) is 0 Å². The Kier molecular flexibility index (Phi) is 3.65. The van der Waals surface area contributed by atoms with Crippen molar-refractivity contribution < 1.29 is 5.21 Å². The minimum absolute atomic E-state index is 0.932.